The van der Waals surface area contributed by atoms with Crippen molar-refractivity contribution in [1.29, 1.82) is 0 Å². The molecule has 1 aromatic carbocycles. The van der Waals surface area contributed by atoms with Gasteiger partial charge in [-0.05, 0) is 37.5 Å². The number of nitrogens with zero attached hydrogens (tertiary/aromatic N) is 3. The number of piperidine rings is 1. The van der Waals surface area contributed by atoms with Crippen molar-refractivity contribution in [1.82, 2.24) is 14.7 Å². The fraction of sp³-hybridized carbons (Fsp3) is 0.312. The van der Waals surface area contributed by atoms with E-state index in [-0.39, 0.29) is 11.9 Å². The monoisotopic (exact) mass is 298 g/mol. The highest BCUT2D eigenvalue weighted by Gasteiger charge is 2.21. The fourth-order valence-corrected chi connectivity index (χ4v) is 2.51. The highest BCUT2D eigenvalue weighted by Crippen LogP contribution is 2.12. The van der Waals surface area contributed by atoms with E-state index in [9.17, 15) is 9.59 Å². The predicted octanol–water partition coefficient (Wildman–Crippen LogP) is 2.59. The van der Waals surface area contributed by atoms with E-state index in [2.05, 4.69) is 10.4 Å². The molecule has 2 amide bonds. The van der Waals surface area contributed by atoms with Crippen molar-refractivity contribution in [3.05, 3.63) is 48.3 Å². The number of hydrogen-bond donors (Lipinski definition) is 1. The Hall–Kier alpha value is -2.63. The summed E-state index contributed by atoms with van der Waals surface area (Å²) in [4.78, 5) is 26.2. The normalized spacial score (nSPS) is 14.6. The van der Waals surface area contributed by atoms with Crippen LogP contribution in [0.15, 0.2) is 42.6 Å². The molecule has 6 nitrogen and oxygen atoms in total. The first-order valence-corrected chi connectivity index (χ1v) is 7.45. The van der Waals surface area contributed by atoms with Gasteiger partial charge in [0.25, 0.3) is 5.91 Å². The lowest BCUT2D eigenvalue weighted by atomic mass is 10.1. The van der Waals surface area contributed by atoms with Gasteiger partial charge in [0.1, 0.15) is 0 Å². The van der Waals surface area contributed by atoms with Gasteiger partial charge in [-0.1, -0.05) is 18.2 Å². The topological polar surface area (TPSA) is 67.2 Å². The van der Waals surface area contributed by atoms with Gasteiger partial charge in [-0.2, -0.15) is 9.78 Å². The third-order valence-corrected chi connectivity index (χ3v) is 3.68. The molecule has 1 saturated heterocycles. The van der Waals surface area contributed by atoms with E-state index in [0.717, 1.165) is 37.0 Å². The first-order chi connectivity index (χ1) is 10.7. The Balaban J connectivity index is 1.67. The maximum absolute atomic E-state index is 12.3. The summed E-state index contributed by atoms with van der Waals surface area (Å²) in [5.74, 6) is -0.106. The van der Waals surface area contributed by atoms with Crippen molar-refractivity contribution in [2.45, 2.75) is 19.3 Å². The number of rotatable bonds is 2. The maximum Gasteiger partial charge on any atom is 0.346 e. The maximum atomic E-state index is 12.3. The number of likely N-dealkylation sites (tertiary alicyclic amines) is 1. The van der Waals surface area contributed by atoms with E-state index in [1.807, 2.05) is 18.2 Å². The van der Waals surface area contributed by atoms with E-state index in [0.29, 0.717) is 11.4 Å². The van der Waals surface area contributed by atoms with Gasteiger partial charge < -0.3 is 10.2 Å². The zero-order valence-electron chi connectivity index (χ0n) is 12.2. The molecule has 1 aliphatic heterocycles. The number of benzene rings is 1. The minimum Gasteiger partial charge on any atom is -0.337 e. The molecule has 1 aliphatic rings. The molecule has 2 heterocycles. The van der Waals surface area contributed by atoms with Crippen LogP contribution in [0, 0.1) is 0 Å². The lowest BCUT2D eigenvalue weighted by Crippen LogP contribution is -2.36. The van der Waals surface area contributed by atoms with Crippen molar-refractivity contribution in [2.75, 3.05) is 18.4 Å². The largest absolute Gasteiger partial charge is 0.346 e. The molecule has 2 aromatic rings. The summed E-state index contributed by atoms with van der Waals surface area (Å²) >= 11 is 0. The van der Waals surface area contributed by atoms with Crippen LogP contribution >= 0.6 is 0 Å². The van der Waals surface area contributed by atoms with Gasteiger partial charge in [0.15, 0.2) is 5.69 Å². The van der Waals surface area contributed by atoms with E-state index in [1.54, 1.807) is 23.1 Å². The molecule has 0 unspecified atom stereocenters. The molecule has 0 radical (unpaired) electrons. The Morgan fingerprint density at radius 1 is 1.00 bits per heavy atom. The second-order valence-corrected chi connectivity index (χ2v) is 5.29. The van der Waals surface area contributed by atoms with Crippen LogP contribution in [-0.4, -0.2) is 39.7 Å². The quantitative estimate of drug-likeness (QED) is 0.926. The number of amides is 2. The summed E-state index contributed by atoms with van der Waals surface area (Å²) in [6.45, 7) is 1.53. The first-order valence-electron chi connectivity index (χ1n) is 7.45. The summed E-state index contributed by atoms with van der Waals surface area (Å²) in [6.07, 6.45) is 4.73. The number of nitrogens with one attached hydrogen (secondary N) is 1. The summed E-state index contributed by atoms with van der Waals surface area (Å²) in [6, 6.07) is 10.3. The summed E-state index contributed by atoms with van der Waals surface area (Å²) in [5.41, 5.74) is 0.997. The van der Waals surface area contributed by atoms with Crippen LogP contribution in [0.2, 0.25) is 0 Å². The van der Waals surface area contributed by atoms with Crippen molar-refractivity contribution >= 4 is 17.6 Å². The van der Waals surface area contributed by atoms with Crippen molar-refractivity contribution in [2.24, 2.45) is 0 Å². The minimum atomic E-state index is -0.385. The third-order valence-electron chi connectivity index (χ3n) is 3.68. The second-order valence-electron chi connectivity index (χ2n) is 5.29. The van der Waals surface area contributed by atoms with Gasteiger partial charge in [0.2, 0.25) is 0 Å². The zero-order valence-corrected chi connectivity index (χ0v) is 12.2. The van der Waals surface area contributed by atoms with E-state index in [1.165, 1.54) is 6.20 Å². The average molecular weight is 298 g/mol. The first kappa shape index (κ1) is 14.3. The fourth-order valence-electron chi connectivity index (χ4n) is 2.51. The van der Waals surface area contributed by atoms with Crippen LogP contribution in [0.1, 0.15) is 29.8 Å². The third kappa shape index (κ3) is 3.16. The van der Waals surface area contributed by atoms with E-state index < -0.39 is 0 Å². The number of anilines is 1. The molecule has 0 saturated carbocycles. The molecular weight excluding hydrogens is 280 g/mol. The molecule has 1 N–H and O–H groups in total. The lowest BCUT2D eigenvalue weighted by Gasteiger charge is -2.25. The Labute approximate surface area is 128 Å². The van der Waals surface area contributed by atoms with Gasteiger partial charge in [-0.15, -0.1) is 0 Å². The highest BCUT2D eigenvalue weighted by molar-refractivity contribution is 5.94. The van der Waals surface area contributed by atoms with Crippen LogP contribution in [0.5, 0.6) is 0 Å². The zero-order chi connectivity index (χ0) is 15.4. The van der Waals surface area contributed by atoms with Gasteiger partial charge >= 0.3 is 6.03 Å². The Kier molecular flexibility index (Phi) is 4.18. The van der Waals surface area contributed by atoms with E-state index in [4.69, 9.17) is 0 Å². The molecule has 22 heavy (non-hydrogen) atoms. The van der Waals surface area contributed by atoms with Crippen LogP contribution in [-0.2, 0) is 0 Å². The number of para-hydroxylation sites is 1. The molecule has 0 aliphatic carbocycles. The molecular formula is C16H18N4O2. The van der Waals surface area contributed by atoms with Crippen molar-refractivity contribution in [3.8, 4) is 0 Å². The smallest absolute Gasteiger partial charge is 0.337 e. The van der Waals surface area contributed by atoms with Crippen LogP contribution < -0.4 is 5.32 Å². The van der Waals surface area contributed by atoms with Crippen molar-refractivity contribution < 1.29 is 9.59 Å². The number of aromatic nitrogens is 2. The Bertz CT molecular complexity index is 660. The van der Waals surface area contributed by atoms with Gasteiger partial charge in [0.05, 0.1) is 0 Å². The van der Waals surface area contributed by atoms with Crippen LogP contribution in [0.3, 0.4) is 0 Å². The van der Waals surface area contributed by atoms with Crippen LogP contribution in [0.4, 0.5) is 10.5 Å². The molecule has 6 heteroatoms. The summed E-state index contributed by atoms with van der Waals surface area (Å²) < 4.78 is 1.16. The van der Waals surface area contributed by atoms with Crippen molar-refractivity contribution in [3.63, 3.8) is 0 Å². The molecule has 114 valence electrons. The molecule has 0 bridgehead atoms. The number of carbonyl (C=O) groups excluding carboxylic acids is 2. The molecule has 1 fully saturated rings. The van der Waals surface area contributed by atoms with E-state index >= 15 is 0 Å². The average Bonchev–Trinajstić information content (AvgIpc) is 3.06. The Morgan fingerprint density at radius 2 is 1.73 bits per heavy atom. The molecule has 0 atom stereocenters. The predicted molar refractivity (Wildman–Crippen MR) is 82.8 cm³/mol. The number of carbonyl (C=O) groups is 2. The molecule has 1 aromatic heterocycles. The Morgan fingerprint density at radius 3 is 2.45 bits per heavy atom. The minimum absolute atomic E-state index is 0.106. The van der Waals surface area contributed by atoms with Gasteiger partial charge in [-0.3, -0.25) is 4.79 Å². The summed E-state index contributed by atoms with van der Waals surface area (Å²) in [5, 5.41) is 6.82. The highest BCUT2D eigenvalue weighted by atomic mass is 16.2. The molecule has 0 spiro atoms. The van der Waals surface area contributed by atoms with Crippen LogP contribution in [0.25, 0.3) is 0 Å². The second kappa shape index (κ2) is 6.43. The van der Waals surface area contributed by atoms with Gasteiger partial charge in [-0.25, -0.2) is 4.79 Å². The number of hydrogen-bond acceptors (Lipinski definition) is 3. The standard InChI is InChI=1S/C16H18N4O2/c21-15(19-10-5-2-6-11-19)14-9-12-20(18-14)16(22)17-13-7-3-1-4-8-13/h1,3-4,7-9,12H,2,5-6,10-11H2,(H,17,22). The molecule has 3 rings (SSSR count). The van der Waals surface area contributed by atoms with Gasteiger partial charge in [0, 0.05) is 25.0 Å². The SMILES string of the molecule is O=C(c1ccn(C(=O)Nc2ccccc2)n1)N1CCCCC1. The lowest BCUT2D eigenvalue weighted by molar-refractivity contribution is 0.0718. The summed E-state index contributed by atoms with van der Waals surface area (Å²) in [7, 11) is 0.